The van der Waals surface area contributed by atoms with Crippen molar-refractivity contribution in [1.82, 2.24) is 10.7 Å². The van der Waals surface area contributed by atoms with E-state index >= 15 is 0 Å². The van der Waals surface area contributed by atoms with Crippen LogP contribution in [0.5, 0.6) is 11.5 Å². The zero-order chi connectivity index (χ0) is 22.2. The van der Waals surface area contributed by atoms with Gasteiger partial charge in [0.2, 0.25) is 0 Å². The Kier molecular flexibility index (Phi) is 6.53. The van der Waals surface area contributed by atoms with Crippen molar-refractivity contribution in [3.05, 3.63) is 108 Å². The molecular formula is C26H21N3O3. The second-order valence-electron chi connectivity index (χ2n) is 6.99. The van der Waals surface area contributed by atoms with Crippen LogP contribution in [0.4, 0.5) is 0 Å². The monoisotopic (exact) mass is 423 g/mol. The van der Waals surface area contributed by atoms with Crippen LogP contribution in [-0.4, -0.2) is 24.6 Å². The molecule has 0 saturated carbocycles. The third-order valence-electron chi connectivity index (χ3n) is 4.68. The zero-order valence-corrected chi connectivity index (χ0v) is 17.2. The van der Waals surface area contributed by atoms with Crippen molar-refractivity contribution in [2.45, 2.75) is 0 Å². The van der Waals surface area contributed by atoms with Gasteiger partial charge in [-0.15, -0.1) is 0 Å². The van der Waals surface area contributed by atoms with E-state index in [0.717, 1.165) is 22.1 Å². The molecule has 6 heteroatoms. The minimum atomic E-state index is -0.425. The molecule has 0 saturated heterocycles. The van der Waals surface area contributed by atoms with Gasteiger partial charge in [0.15, 0.2) is 0 Å². The molecular weight excluding hydrogens is 402 g/mol. The molecule has 2 N–H and O–H groups in total. The van der Waals surface area contributed by atoms with Crippen LogP contribution < -0.4 is 15.5 Å². The first-order valence-corrected chi connectivity index (χ1v) is 10.1. The number of nitrogens with zero attached hydrogens (tertiary/aromatic N) is 1. The van der Waals surface area contributed by atoms with E-state index in [9.17, 15) is 9.59 Å². The fourth-order valence-electron chi connectivity index (χ4n) is 3.18. The van der Waals surface area contributed by atoms with Gasteiger partial charge in [-0.1, -0.05) is 66.7 Å². The fourth-order valence-corrected chi connectivity index (χ4v) is 3.18. The van der Waals surface area contributed by atoms with Crippen LogP contribution in [0.15, 0.2) is 102 Å². The number of para-hydroxylation sites is 1. The maximum atomic E-state index is 12.5. The van der Waals surface area contributed by atoms with Crippen LogP contribution in [0.2, 0.25) is 0 Å². The largest absolute Gasteiger partial charge is 0.457 e. The molecule has 4 aromatic rings. The average molecular weight is 423 g/mol. The van der Waals surface area contributed by atoms with Crippen molar-refractivity contribution in [2.75, 3.05) is 6.54 Å². The highest BCUT2D eigenvalue weighted by atomic mass is 16.5. The molecule has 0 atom stereocenters. The van der Waals surface area contributed by atoms with Gasteiger partial charge < -0.3 is 10.1 Å². The van der Waals surface area contributed by atoms with Crippen LogP contribution in [0.3, 0.4) is 0 Å². The molecule has 0 aromatic heterocycles. The lowest BCUT2D eigenvalue weighted by molar-refractivity contribution is -0.120. The van der Waals surface area contributed by atoms with E-state index in [1.165, 1.54) is 6.21 Å². The lowest BCUT2D eigenvalue weighted by Crippen LogP contribution is -2.35. The summed E-state index contributed by atoms with van der Waals surface area (Å²) in [5.41, 5.74) is 3.70. The van der Waals surface area contributed by atoms with Crippen molar-refractivity contribution >= 4 is 28.8 Å². The molecule has 0 aliphatic carbocycles. The Labute approximate surface area is 185 Å². The maximum Gasteiger partial charge on any atom is 0.259 e. The highest BCUT2D eigenvalue weighted by Gasteiger charge is 2.10. The van der Waals surface area contributed by atoms with Crippen molar-refractivity contribution in [2.24, 2.45) is 5.10 Å². The van der Waals surface area contributed by atoms with Gasteiger partial charge in [-0.05, 0) is 46.7 Å². The number of hydrogen-bond donors (Lipinski definition) is 2. The first-order valence-electron chi connectivity index (χ1n) is 10.1. The van der Waals surface area contributed by atoms with Crippen molar-refractivity contribution < 1.29 is 14.3 Å². The number of hydrazone groups is 1. The molecule has 0 unspecified atom stereocenters. The molecule has 32 heavy (non-hydrogen) atoms. The summed E-state index contributed by atoms with van der Waals surface area (Å²) in [6.07, 6.45) is 1.52. The standard InChI is InChI=1S/C26H21N3O3/c30-25(18-27-26(31)24-15-7-10-20-9-4-5-14-23(20)24)29-28-17-19-8-6-13-22(16-19)32-21-11-2-1-3-12-21/h1-17H,18H2,(H,27,31)(H,29,30)/b28-17-. The summed E-state index contributed by atoms with van der Waals surface area (Å²) in [7, 11) is 0. The summed E-state index contributed by atoms with van der Waals surface area (Å²) in [5, 5.41) is 8.39. The summed E-state index contributed by atoms with van der Waals surface area (Å²) in [6, 6.07) is 29.9. The second-order valence-corrected chi connectivity index (χ2v) is 6.99. The molecule has 0 fully saturated rings. The molecule has 0 bridgehead atoms. The quantitative estimate of drug-likeness (QED) is 0.339. The number of benzene rings is 4. The molecule has 0 heterocycles. The molecule has 4 aromatic carbocycles. The summed E-state index contributed by atoms with van der Waals surface area (Å²) in [6.45, 7) is -0.184. The normalized spacial score (nSPS) is 10.8. The molecule has 2 amide bonds. The van der Waals surface area contributed by atoms with E-state index in [4.69, 9.17) is 4.74 Å². The van der Waals surface area contributed by atoms with Gasteiger partial charge in [0, 0.05) is 5.56 Å². The predicted octanol–water partition coefficient (Wildman–Crippen LogP) is 4.51. The molecule has 0 spiro atoms. The number of amides is 2. The minimum absolute atomic E-state index is 0.184. The van der Waals surface area contributed by atoms with E-state index in [2.05, 4.69) is 15.8 Å². The molecule has 0 aliphatic rings. The number of hydrogen-bond acceptors (Lipinski definition) is 4. The highest BCUT2D eigenvalue weighted by molar-refractivity contribution is 6.07. The van der Waals surface area contributed by atoms with Gasteiger partial charge in [-0.25, -0.2) is 5.43 Å². The first kappa shape index (κ1) is 20.8. The van der Waals surface area contributed by atoms with Crippen LogP contribution in [0.1, 0.15) is 15.9 Å². The zero-order valence-electron chi connectivity index (χ0n) is 17.2. The minimum Gasteiger partial charge on any atom is -0.457 e. The smallest absolute Gasteiger partial charge is 0.259 e. The van der Waals surface area contributed by atoms with Gasteiger partial charge in [0.05, 0.1) is 12.8 Å². The lowest BCUT2D eigenvalue weighted by atomic mass is 10.0. The predicted molar refractivity (Wildman–Crippen MR) is 125 cm³/mol. The average Bonchev–Trinajstić information content (AvgIpc) is 2.83. The first-order chi connectivity index (χ1) is 15.7. The van der Waals surface area contributed by atoms with Gasteiger partial charge in [0.1, 0.15) is 11.5 Å². The number of ether oxygens (including phenoxy) is 1. The van der Waals surface area contributed by atoms with Gasteiger partial charge in [0.25, 0.3) is 11.8 Å². The Morgan fingerprint density at radius 3 is 2.41 bits per heavy atom. The Morgan fingerprint density at radius 2 is 1.53 bits per heavy atom. The van der Waals surface area contributed by atoms with Crippen LogP contribution in [0, 0.1) is 0 Å². The summed E-state index contributed by atoms with van der Waals surface area (Å²) >= 11 is 0. The van der Waals surface area contributed by atoms with E-state index in [-0.39, 0.29) is 12.5 Å². The Hall–Kier alpha value is -4.45. The summed E-state index contributed by atoms with van der Waals surface area (Å²) in [4.78, 5) is 24.6. The maximum absolute atomic E-state index is 12.5. The number of carbonyl (C=O) groups excluding carboxylic acids is 2. The number of nitrogens with one attached hydrogen (secondary N) is 2. The molecule has 6 nitrogen and oxygen atoms in total. The van der Waals surface area contributed by atoms with Gasteiger partial charge >= 0.3 is 0 Å². The van der Waals surface area contributed by atoms with Crippen molar-refractivity contribution in [1.29, 1.82) is 0 Å². The van der Waals surface area contributed by atoms with Gasteiger partial charge in [-0.2, -0.15) is 5.10 Å². The summed E-state index contributed by atoms with van der Waals surface area (Å²) in [5.74, 6) is 0.656. The van der Waals surface area contributed by atoms with Crippen molar-refractivity contribution in [3.8, 4) is 11.5 Å². The Bertz CT molecular complexity index is 1260. The Morgan fingerprint density at radius 1 is 0.812 bits per heavy atom. The summed E-state index contributed by atoms with van der Waals surface area (Å²) < 4.78 is 5.79. The molecule has 0 aliphatic heterocycles. The van der Waals surface area contributed by atoms with Crippen LogP contribution in [0.25, 0.3) is 10.8 Å². The van der Waals surface area contributed by atoms with Crippen LogP contribution >= 0.6 is 0 Å². The third-order valence-corrected chi connectivity index (χ3v) is 4.68. The SMILES string of the molecule is O=C(CNC(=O)c1cccc2ccccc12)N/N=C\c1cccc(Oc2ccccc2)c1. The number of rotatable bonds is 7. The lowest BCUT2D eigenvalue weighted by Gasteiger charge is -2.07. The van der Waals surface area contributed by atoms with Crippen LogP contribution in [-0.2, 0) is 4.79 Å². The third kappa shape index (κ3) is 5.37. The molecule has 4 rings (SSSR count). The van der Waals surface area contributed by atoms with E-state index in [0.29, 0.717) is 11.3 Å². The van der Waals surface area contributed by atoms with E-state index in [1.54, 1.807) is 6.07 Å². The topological polar surface area (TPSA) is 79.8 Å². The number of carbonyl (C=O) groups is 2. The van der Waals surface area contributed by atoms with Gasteiger partial charge in [-0.3, -0.25) is 9.59 Å². The van der Waals surface area contributed by atoms with E-state index < -0.39 is 5.91 Å². The molecule has 0 radical (unpaired) electrons. The Balaban J connectivity index is 1.30. The molecule has 158 valence electrons. The second kappa shape index (κ2) is 10.0. The van der Waals surface area contributed by atoms with E-state index in [1.807, 2.05) is 91.0 Å². The number of fused-ring (bicyclic) bond motifs is 1. The fraction of sp³-hybridized carbons (Fsp3) is 0.0385. The van der Waals surface area contributed by atoms with Crippen molar-refractivity contribution in [3.63, 3.8) is 0 Å². The highest BCUT2D eigenvalue weighted by Crippen LogP contribution is 2.21.